The first-order valence-corrected chi connectivity index (χ1v) is 7.65. The van der Waals surface area contributed by atoms with Gasteiger partial charge >= 0.3 is 5.97 Å². The van der Waals surface area contributed by atoms with Gasteiger partial charge in [-0.1, -0.05) is 23.7 Å². The summed E-state index contributed by atoms with van der Waals surface area (Å²) in [7, 11) is 0. The Balaban J connectivity index is 1.76. The zero-order valence-electron chi connectivity index (χ0n) is 12.7. The Morgan fingerprint density at radius 2 is 2.04 bits per heavy atom. The van der Waals surface area contributed by atoms with Crippen molar-refractivity contribution in [2.45, 2.75) is 19.6 Å². The van der Waals surface area contributed by atoms with Gasteiger partial charge in [0.25, 0.3) is 0 Å². The van der Waals surface area contributed by atoms with Gasteiger partial charge in [0, 0.05) is 11.6 Å². The summed E-state index contributed by atoms with van der Waals surface area (Å²) in [4.78, 5) is 16.9. The average Bonchev–Trinajstić information content (AvgIpc) is 3.19. The zero-order chi connectivity index (χ0) is 16.9. The van der Waals surface area contributed by atoms with Crippen molar-refractivity contribution in [3.8, 4) is 0 Å². The van der Waals surface area contributed by atoms with Crippen LogP contribution >= 0.6 is 11.6 Å². The van der Waals surface area contributed by atoms with E-state index in [0.717, 1.165) is 17.6 Å². The highest BCUT2D eigenvalue weighted by molar-refractivity contribution is 6.30. The summed E-state index contributed by atoms with van der Waals surface area (Å²) in [5, 5.41) is 9.60. The van der Waals surface area contributed by atoms with E-state index in [1.807, 2.05) is 41.3 Å². The monoisotopic (exact) mass is 346 g/mol. The van der Waals surface area contributed by atoms with Gasteiger partial charge in [0.2, 0.25) is 5.89 Å². The maximum Gasteiger partial charge on any atom is 0.357 e. The number of hydrogen-bond donors (Lipinski definition) is 1. The number of carboxylic acids is 1. The lowest BCUT2D eigenvalue weighted by atomic mass is 10.2. The Morgan fingerprint density at radius 1 is 1.17 bits per heavy atom. The molecule has 3 rings (SSSR count). The van der Waals surface area contributed by atoms with Crippen LogP contribution in [0.25, 0.3) is 0 Å². The van der Waals surface area contributed by atoms with E-state index in [1.54, 1.807) is 6.26 Å². The number of carboxylic acid groups (broad SMARTS) is 1. The summed E-state index contributed by atoms with van der Waals surface area (Å²) in [6.07, 6.45) is 2.75. The number of rotatable bonds is 7. The number of aromatic carboxylic acids is 1. The minimum absolute atomic E-state index is 0.106. The first kappa shape index (κ1) is 16.3. The Hall–Kier alpha value is -2.57. The molecule has 3 aromatic rings. The van der Waals surface area contributed by atoms with Crippen molar-refractivity contribution in [1.82, 2.24) is 9.88 Å². The molecule has 0 aliphatic heterocycles. The number of benzene rings is 1. The predicted octanol–water partition coefficient (Wildman–Crippen LogP) is 3.82. The topological polar surface area (TPSA) is 79.7 Å². The molecule has 1 N–H and O–H groups in total. The van der Waals surface area contributed by atoms with Crippen LogP contribution < -0.4 is 0 Å². The molecule has 24 heavy (non-hydrogen) atoms. The summed E-state index contributed by atoms with van der Waals surface area (Å²) in [6.45, 7) is 1.47. The lowest BCUT2D eigenvalue weighted by molar-refractivity contribution is 0.0690. The van der Waals surface area contributed by atoms with E-state index in [2.05, 4.69) is 4.98 Å². The zero-order valence-corrected chi connectivity index (χ0v) is 13.4. The second kappa shape index (κ2) is 7.33. The van der Waals surface area contributed by atoms with Crippen LogP contribution in [0.1, 0.15) is 27.7 Å². The van der Waals surface area contributed by atoms with E-state index in [9.17, 15) is 4.79 Å². The van der Waals surface area contributed by atoms with Crippen LogP contribution in [-0.4, -0.2) is 21.0 Å². The average molecular weight is 347 g/mol. The third kappa shape index (κ3) is 4.24. The largest absolute Gasteiger partial charge is 0.476 e. The molecule has 0 aliphatic carbocycles. The summed E-state index contributed by atoms with van der Waals surface area (Å²) in [6, 6.07) is 11.3. The van der Waals surface area contributed by atoms with Crippen LogP contribution in [0.4, 0.5) is 0 Å². The third-order valence-electron chi connectivity index (χ3n) is 3.38. The molecule has 7 heteroatoms. The van der Waals surface area contributed by atoms with Gasteiger partial charge in [0.05, 0.1) is 19.4 Å². The number of aromatic nitrogens is 1. The van der Waals surface area contributed by atoms with Gasteiger partial charge in [-0.2, -0.15) is 0 Å². The van der Waals surface area contributed by atoms with E-state index in [4.69, 9.17) is 25.5 Å². The number of hydrogen-bond acceptors (Lipinski definition) is 5. The molecule has 0 radical (unpaired) electrons. The van der Waals surface area contributed by atoms with E-state index in [1.165, 1.54) is 0 Å². The minimum Gasteiger partial charge on any atom is -0.476 e. The van der Waals surface area contributed by atoms with Gasteiger partial charge in [0.15, 0.2) is 5.69 Å². The SMILES string of the molecule is O=C(O)c1coc(CN(Cc2cccc(Cl)c2)Cc2ccco2)n1. The Morgan fingerprint density at radius 3 is 2.71 bits per heavy atom. The van der Waals surface area contributed by atoms with E-state index >= 15 is 0 Å². The number of carbonyl (C=O) groups is 1. The fourth-order valence-electron chi connectivity index (χ4n) is 2.36. The van der Waals surface area contributed by atoms with Crippen LogP contribution in [0, 0.1) is 0 Å². The lowest BCUT2D eigenvalue weighted by Crippen LogP contribution is -2.22. The summed E-state index contributed by atoms with van der Waals surface area (Å²) < 4.78 is 10.6. The highest BCUT2D eigenvalue weighted by atomic mass is 35.5. The van der Waals surface area contributed by atoms with Crippen LogP contribution in [0.3, 0.4) is 0 Å². The molecule has 0 saturated carbocycles. The summed E-state index contributed by atoms with van der Waals surface area (Å²) >= 11 is 6.04. The van der Waals surface area contributed by atoms with Crippen LogP contribution in [0.15, 0.2) is 57.8 Å². The van der Waals surface area contributed by atoms with Crippen LogP contribution in [0.2, 0.25) is 5.02 Å². The number of oxazole rings is 1. The molecule has 124 valence electrons. The van der Waals surface area contributed by atoms with Gasteiger partial charge in [0.1, 0.15) is 12.0 Å². The van der Waals surface area contributed by atoms with E-state index in [0.29, 0.717) is 30.5 Å². The lowest BCUT2D eigenvalue weighted by Gasteiger charge is -2.19. The maximum absolute atomic E-state index is 10.9. The predicted molar refractivity (Wildman–Crippen MR) is 86.6 cm³/mol. The highest BCUT2D eigenvalue weighted by Gasteiger charge is 2.16. The quantitative estimate of drug-likeness (QED) is 0.700. The Kier molecular flexibility index (Phi) is 4.98. The molecule has 0 bridgehead atoms. The molecule has 0 unspecified atom stereocenters. The molecule has 0 atom stereocenters. The van der Waals surface area contributed by atoms with Gasteiger partial charge in [-0.25, -0.2) is 9.78 Å². The molecule has 0 fully saturated rings. The van der Waals surface area contributed by atoms with Crippen molar-refractivity contribution in [2.75, 3.05) is 0 Å². The molecule has 0 amide bonds. The van der Waals surface area contributed by atoms with Crippen molar-refractivity contribution >= 4 is 17.6 Å². The van der Waals surface area contributed by atoms with Crippen molar-refractivity contribution in [2.24, 2.45) is 0 Å². The van der Waals surface area contributed by atoms with Gasteiger partial charge in [-0.3, -0.25) is 4.90 Å². The number of nitrogens with zero attached hydrogens (tertiary/aromatic N) is 2. The molecule has 1 aromatic carbocycles. The number of furan rings is 1. The first-order chi connectivity index (χ1) is 11.6. The number of halogens is 1. The highest BCUT2D eigenvalue weighted by Crippen LogP contribution is 2.17. The second-order valence-corrected chi connectivity index (χ2v) is 5.72. The normalized spacial score (nSPS) is 11.1. The summed E-state index contributed by atoms with van der Waals surface area (Å²) in [5.74, 6) is 0.0143. The van der Waals surface area contributed by atoms with Crippen LogP contribution in [-0.2, 0) is 19.6 Å². The molecular formula is C17H15ClN2O4. The Labute approximate surface area is 143 Å². The third-order valence-corrected chi connectivity index (χ3v) is 3.62. The molecule has 0 spiro atoms. The summed E-state index contributed by atoms with van der Waals surface area (Å²) in [5.41, 5.74) is 0.921. The van der Waals surface area contributed by atoms with Gasteiger partial charge < -0.3 is 13.9 Å². The molecule has 6 nitrogen and oxygen atoms in total. The fraction of sp³-hybridized carbons (Fsp3) is 0.176. The van der Waals surface area contributed by atoms with Gasteiger partial charge in [-0.15, -0.1) is 0 Å². The van der Waals surface area contributed by atoms with Crippen molar-refractivity contribution in [1.29, 1.82) is 0 Å². The van der Waals surface area contributed by atoms with Crippen molar-refractivity contribution in [3.05, 3.63) is 76.9 Å². The van der Waals surface area contributed by atoms with E-state index < -0.39 is 5.97 Å². The van der Waals surface area contributed by atoms with E-state index in [-0.39, 0.29) is 5.69 Å². The fourth-order valence-corrected chi connectivity index (χ4v) is 2.57. The first-order valence-electron chi connectivity index (χ1n) is 7.27. The van der Waals surface area contributed by atoms with Crippen molar-refractivity contribution in [3.63, 3.8) is 0 Å². The van der Waals surface area contributed by atoms with Crippen molar-refractivity contribution < 1.29 is 18.7 Å². The Bertz CT molecular complexity index is 814. The maximum atomic E-state index is 10.9. The molecule has 0 saturated heterocycles. The smallest absolute Gasteiger partial charge is 0.357 e. The minimum atomic E-state index is -1.11. The standard InChI is InChI=1S/C17H15ClN2O4/c18-13-4-1-3-12(7-13)8-20(9-14-5-2-6-23-14)10-16-19-15(11-24-16)17(21)22/h1-7,11H,8-10H2,(H,21,22). The molecule has 0 aliphatic rings. The molecule has 2 heterocycles. The molecule has 2 aromatic heterocycles. The van der Waals surface area contributed by atoms with Gasteiger partial charge in [-0.05, 0) is 29.8 Å². The van der Waals surface area contributed by atoms with Crippen LogP contribution in [0.5, 0.6) is 0 Å². The molecular weight excluding hydrogens is 332 g/mol. The second-order valence-electron chi connectivity index (χ2n) is 5.29.